The van der Waals surface area contributed by atoms with Crippen molar-refractivity contribution in [3.8, 4) is 0 Å². The zero-order chi connectivity index (χ0) is 15.3. The Morgan fingerprint density at radius 2 is 2.15 bits per heavy atom. The Kier molecular flexibility index (Phi) is 6.44. The maximum atomic E-state index is 12.3. The molecule has 1 aliphatic rings. The van der Waals surface area contributed by atoms with Crippen molar-refractivity contribution in [1.29, 1.82) is 0 Å². The van der Waals surface area contributed by atoms with E-state index in [1.54, 1.807) is 13.2 Å². The summed E-state index contributed by atoms with van der Waals surface area (Å²) >= 11 is 0. The zero-order valence-electron chi connectivity index (χ0n) is 11.7. The largest absolute Gasteiger partial charge is 0.401 e. The molecule has 0 spiro atoms. The van der Waals surface area contributed by atoms with Gasteiger partial charge >= 0.3 is 6.18 Å². The fraction of sp³-hybridized carbons (Fsp3) is 0.917. The van der Waals surface area contributed by atoms with Crippen LogP contribution in [0.15, 0.2) is 0 Å². The Labute approximate surface area is 119 Å². The third kappa shape index (κ3) is 6.21. The van der Waals surface area contributed by atoms with Gasteiger partial charge in [0.1, 0.15) is 0 Å². The molecule has 4 nitrogen and oxygen atoms in total. The Balaban J connectivity index is 2.42. The number of halogens is 3. The number of hydrogen-bond acceptors (Lipinski definition) is 3. The van der Waals surface area contributed by atoms with E-state index in [1.807, 2.05) is 0 Å². The van der Waals surface area contributed by atoms with Crippen LogP contribution in [0.25, 0.3) is 0 Å². The first-order valence-corrected chi connectivity index (χ1v) is 8.20. The second-order valence-corrected chi connectivity index (χ2v) is 7.05. The quantitative estimate of drug-likeness (QED) is 0.828. The van der Waals surface area contributed by atoms with E-state index in [0.717, 1.165) is 0 Å². The number of nitrogens with one attached hydrogen (secondary N) is 1. The molecule has 3 unspecified atom stereocenters. The highest BCUT2D eigenvalue weighted by atomic mass is 32.2. The van der Waals surface area contributed by atoms with E-state index in [2.05, 4.69) is 5.32 Å². The van der Waals surface area contributed by atoms with Crippen LogP contribution >= 0.6 is 0 Å². The summed E-state index contributed by atoms with van der Waals surface area (Å²) in [4.78, 5) is 13.2. The molecule has 0 aliphatic carbocycles. The van der Waals surface area contributed by atoms with E-state index < -0.39 is 29.4 Å². The number of carbonyl (C=O) groups is 1. The topological polar surface area (TPSA) is 49.4 Å². The summed E-state index contributed by atoms with van der Waals surface area (Å²) < 4.78 is 48.2. The molecule has 8 heteroatoms. The van der Waals surface area contributed by atoms with E-state index in [4.69, 9.17) is 0 Å². The lowest BCUT2D eigenvalue weighted by Gasteiger charge is -2.32. The van der Waals surface area contributed by atoms with Crippen LogP contribution in [0.5, 0.6) is 0 Å². The van der Waals surface area contributed by atoms with E-state index in [9.17, 15) is 22.2 Å². The molecule has 0 aromatic rings. The Morgan fingerprint density at radius 1 is 1.50 bits per heavy atom. The SMILES string of the molecule is CC(CNC(=O)C1CCCN(CC(F)(F)F)C1)S(C)=O. The molecule has 0 aromatic carbocycles. The molecule has 118 valence electrons. The minimum atomic E-state index is -4.23. The molecule has 0 saturated carbocycles. The lowest BCUT2D eigenvalue weighted by atomic mass is 9.97. The number of likely N-dealkylation sites (tertiary alicyclic amines) is 1. The first kappa shape index (κ1) is 17.4. The number of alkyl halides is 3. The highest BCUT2D eigenvalue weighted by Gasteiger charge is 2.34. The van der Waals surface area contributed by atoms with Gasteiger partial charge < -0.3 is 5.32 Å². The summed E-state index contributed by atoms with van der Waals surface area (Å²) in [5, 5.41) is 2.52. The number of hydrogen-bond donors (Lipinski definition) is 1. The lowest BCUT2D eigenvalue weighted by Crippen LogP contribution is -2.47. The molecule has 1 amide bonds. The Hall–Kier alpha value is -0.630. The minimum Gasteiger partial charge on any atom is -0.355 e. The van der Waals surface area contributed by atoms with Crippen LogP contribution in [0.4, 0.5) is 13.2 Å². The van der Waals surface area contributed by atoms with Gasteiger partial charge in [-0.25, -0.2) is 0 Å². The van der Waals surface area contributed by atoms with Crippen molar-refractivity contribution in [2.24, 2.45) is 5.92 Å². The van der Waals surface area contributed by atoms with E-state index in [1.165, 1.54) is 4.90 Å². The van der Waals surface area contributed by atoms with Gasteiger partial charge in [0.2, 0.25) is 5.91 Å². The van der Waals surface area contributed by atoms with Gasteiger partial charge in [0, 0.05) is 35.4 Å². The summed E-state index contributed by atoms with van der Waals surface area (Å²) in [6, 6.07) is 0. The third-order valence-electron chi connectivity index (χ3n) is 3.41. The zero-order valence-corrected chi connectivity index (χ0v) is 12.5. The molecular weight excluding hydrogens is 293 g/mol. The molecule has 1 fully saturated rings. The van der Waals surface area contributed by atoms with Crippen LogP contribution in [0.2, 0.25) is 0 Å². The molecule has 1 N–H and O–H groups in total. The maximum Gasteiger partial charge on any atom is 0.401 e. The summed E-state index contributed by atoms with van der Waals surface area (Å²) in [6.07, 6.45) is -1.48. The highest BCUT2D eigenvalue weighted by molar-refractivity contribution is 7.84. The molecule has 0 radical (unpaired) electrons. The molecule has 20 heavy (non-hydrogen) atoms. The predicted octanol–water partition coefficient (Wildman–Crippen LogP) is 1.14. The van der Waals surface area contributed by atoms with Crippen LogP contribution in [-0.2, 0) is 15.6 Å². The maximum absolute atomic E-state index is 12.3. The summed E-state index contributed by atoms with van der Waals surface area (Å²) in [5.74, 6) is -0.655. The normalized spacial score (nSPS) is 24.1. The summed E-state index contributed by atoms with van der Waals surface area (Å²) in [5.41, 5.74) is 0. The van der Waals surface area contributed by atoms with Crippen molar-refractivity contribution < 1.29 is 22.2 Å². The second kappa shape index (κ2) is 7.40. The molecule has 0 aromatic heterocycles. The van der Waals surface area contributed by atoms with Crippen molar-refractivity contribution in [1.82, 2.24) is 10.2 Å². The fourth-order valence-corrected chi connectivity index (χ4v) is 2.49. The van der Waals surface area contributed by atoms with Crippen LogP contribution < -0.4 is 5.32 Å². The van der Waals surface area contributed by atoms with Crippen LogP contribution in [0, 0.1) is 5.92 Å². The monoisotopic (exact) mass is 314 g/mol. The van der Waals surface area contributed by atoms with Gasteiger partial charge in [0.15, 0.2) is 0 Å². The molecule has 1 saturated heterocycles. The average molecular weight is 314 g/mol. The van der Waals surface area contributed by atoms with Crippen molar-refractivity contribution in [3.63, 3.8) is 0 Å². The van der Waals surface area contributed by atoms with Gasteiger partial charge in [0.05, 0.1) is 12.5 Å². The summed E-state index contributed by atoms with van der Waals surface area (Å²) in [7, 11) is -1.03. The van der Waals surface area contributed by atoms with Crippen LogP contribution in [-0.4, -0.2) is 58.9 Å². The number of nitrogens with zero attached hydrogens (tertiary/aromatic N) is 1. The van der Waals surface area contributed by atoms with E-state index in [-0.39, 0.29) is 24.2 Å². The van der Waals surface area contributed by atoms with Gasteiger partial charge in [-0.05, 0) is 26.3 Å². The first-order valence-electron chi connectivity index (χ1n) is 6.58. The smallest absolute Gasteiger partial charge is 0.355 e. The summed E-state index contributed by atoms with van der Waals surface area (Å²) in [6.45, 7) is 1.59. The van der Waals surface area contributed by atoms with E-state index in [0.29, 0.717) is 19.4 Å². The molecular formula is C12H21F3N2O2S. The molecule has 3 atom stereocenters. The van der Waals surface area contributed by atoms with E-state index >= 15 is 0 Å². The van der Waals surface area contributed by atoms with Crippen molar-refractivity contribution in [2.75, 3.05) is 32.4 Å². The fourth-order valence-electron chi connectivity index (χ4n) is 2.17. The average Bonchev–Trinajstić information content (AvgIpc) is 2.33. The van der Waals surface area contributed by atoms with Crippen LogP contribution in [0.3, 0.4) is 0 Å². The number of rotatable bonds is 5. The van der Waals surface area contributed by atoms with Gasteiger partial charge in [-0.1, -0.05) is 0 Å². The van der Waals surface area contributed by atoms with Crippen molar-refractivity contribution in [3.05, 3.63) is 0 Å². The third-order valence-corrected chi connectivity index (χ3v) is 4.71. The second-order valence-electron chi connectivity index (χ2n) is 5.24. The number of carbonyl (C=O) groups excluding carboxylic acids is 1. The van der Waals surface area contributed by atoms with Crippen molar-refractivity contribution in [2.45, 2.75) is 31.2 Å². The van der Waals surface area contributed by atoms with Gasteiger partial charge in [-0.2, -0.15) is 13.2 Å². The Morgan fingerprint density at radius 3 is 2.70 bits per heavy atom. The van der Waals surface area contributed by atoms with Gasteiger partial charge in [0.25, 0.3) is 0 Å². The number of amides is 1. The van der Waals surface area contributed by atoms with Gasteiger partial charge in [-0.15, -0.1) is 0 Å². The minimum absolute atomic E-state index is 0.134. The standard InChI is InChI=1S/C12H21F3N2O2S/c1-9(20(2)19)6-16-11(18)10-4-3-5-17(7-10)8-12(13,14)15/h9-10H,3-8H2,1-2H3,(H,16,18). The Bertz CT molecular complexity index is 363. The molecule has 1 rings (SSSR count). The number of piperidine rings is 1. The molecule has 1 aliphatic heterocycles. The molecule has 1 heterocycles. The predicted molar refractivity (Wildman–Crippen MR) is 71.8 cm³/mol. The van der Waals surface area contributed by atoms with Crippen molar-refractivity contribution >= 4 is 16.7 Å². The highest BCUT2D eigenvalue weighted by Crippen LogP contribution is 2.22. The first-order chi connectivity index (χ1) is 9.19. The molecule has 0 bridgehead atoms. The van der Waals surface area contributed by atoms with Crippen LogP contribution in [0.1, 0.15) is 19.8 Å². The van der Waals surface area contributed by atoms with Gasteiger partial charge in [-0.3, -0.25) is 13.9 Å². The lowest BCUT2D eigenvalue weighted by molar-refractivity contribution is -0.152.